The molecule has 0 aliphatic heterocycles. The van der Waals surface area contributed by atoms with Crippen LogP contribution in [0.25, 0.3) is 21.9 Å². The largest absolute Gasteiger partial charge is 0.508 e. The topological polar surface area (TPSA) is 98.0 Å². The highest BCUT2D eigenvalue weighted by atomic mass is 16.5. The number of para-hydroxylation sites is 1. The van der Waals surface area contributed by atoms with Crippen molar-refractivity contribution in [1.82, 2.24) is 0 Å². The first-order valence-electron chi connectivity index (χ1n) is 8.80. The Labute approximate surface area is 165 Å². The van der Waals surface area contributed by atoms with Crippen molar-refractivity contribution in [3.05, 3.63) is 66.2 Å². The van der Waals surface area contributed by atoms with Gasteiger partial charge in [0.25, 0.3) is 5.91 Å². The van der Waals surface area contributed by atoms with Crippen LogP contribution in [-0.4, -0.2) is 30.7 Å². The van der Waals surface area contributed by atoms with Crippen LogP contribution in [0.5, 0.6) is 11.5 Å². The molecule has 0 unspecified atom stereocenters. The van der Waals surface area contributed by atoms with Crippen molar-refractivity contribution in [2.45, 2.75) is 0 Å². The summed E-state index contributed by atoms with van der Waals surface area (Å²) in [7, 11) is 1.50. The van der Waals surface area contributed by atoms with E-state index in [1.54, 1.807) is 12.1 Å². The van der Waals surface area contributed by atoms with Gasteiger partial charge in [0.2, 0.25) is 0 Å². The molecular formula is C22H17NO6. The van der Waals surface area contributed by atoms with Gasteiger partial charge >= 0.3 is 5.97 Å². The van der Waals surface area contributed by atoms with Crippen molar-refractivity contribution >= 4 is 39.5 Å². The lowest BCUT2D eigenvalue weighted by Crippen LogP contribution is -2.21. The molecule has 0 bridgehead atoms. The number of rotatable bonds is 5. The van der Waals surface area contributed by atoms with E-state index < -0.39 is 18.5 Å². The molecule has 0 radical (unpaired) electrons. The summed E-state index contributed by atoms with van der Waals surface area (Å²) in [5, 5.41) is 13.9. The fourth-order valence-electron chi connectivity index (χ4n) is 3.05. The van der Waals surface area contributed by atoms with E-state index in [0.29, 0.717) is 17.0 Å². The second-order valence-electron chi connectivity index (χ2n) is 6.32. The van der Waals surface area contributed by atoms with E-state index in [9.17, 15) is 14.7 Å². The van der Waals surface area contributed by atoms with Crippen LogP contribution < -0.4 is 10.1 Å². The van der Waals surface area contributed by atoms with Gasteiger partial charge in [0.15, 0.2) is 6.61 Å². The number of ether oxygens (including phenoxy) is 2. The Morgan fingerprint density at radius 3 is 2.62 bits per heavy atom. The van der Waals surface area contributed by atoms with Crippen LogP contribution in [0.2, 0.25) is 0 Å². The highest BCUT2D eigenvalue weighted by Crippen LogP contribution is 2.36. The fourth-order valence-corrected chi connectivity index (χ4v) is 3.05. The van der Waals surface area contributed by atoms with E-state index in [2.05, 4.69) is 5.32 Å². The highest BCUT2D eigenvalue weighted by Gasteiger charge is 2.16. The summed E-state index contributed by atoms with van der Waals surface area (Å²) < 4.78 is 16.2. The first kappa shape index (κ1) is 18.4. The van der Waals surface area contributed by atoms with Crippen molar-refractivity contribution in [2.24, 2.45) is 0 Å². The fraction of sp³-hybridized carbons (Fsp3) is 0.0909. The summed E-state index contributed by atoms with van der Waals surface area (Å²) in [5.74, 6) is -0.854. The zero-order valence-electron chi connectivity index (χ0n) is 15.5. The van der Waals surface area contributed by atoms with Gasteiger partial charge in [-0.25, -0.2) is 4.79 Å². The number of esters is 1. The van der Waals surface area contributed by atoms with Crippen LogP contribution in [-0.2, 0) is 9.53 Å². The van der Waals surface area contributed by atoms with E-state index in [1.165, 1.54) is 31.4 Å². The summed E-state index contributed by atoms with van der Waals surface area (Å²) >= 11 is 0. The summed E-state index contributed by atoms with van der Waals surface area (Å²) in [5.41, 5.74) is 1.88. The SMILES string of the molecule is COc1cc2c(cc1NC(=O)COC(=O)c1cccc(O)c1)oc1ccccc12. The summed E-state index contributed by atoms with van der Waals surface area (Å²) in [6, 6.07) is 16.8. The smallest absolute Gasteiger partial charge is 0.338 e. The molecule has 0 saturated heterocycles. The lowest BCUT2D eigenvalue weighted by atomic mass is 10.1. The Morgan fingerprint density at radius 1 is 1.00 bits per heavy atom. The predicted octanol–water partition coefficient (Wildman–Crippen LogP) is 4.10. The van der Waals surface area contributed by atoms with Crippen LogP contribution >= 0.6 is 0 Å². The third-order valence-electron chi connectivity index (χ3n) is 4.39. The van der Waals surface area contributed by atoms with E-state index in [4.69, 9.17) is 13.9 Å². The molecule has 0 atom stereocenters. The summed E-state index contributed by atoms with van der Waals surface area (Å²) in [6.07, 6.45) is 0. The predicted molar refractivity (Wildman–Crippen MR) is 107 cm³/mol. The maximum Gasteiger partial charge on any atom is 0.338 e. The molecule has 1 heterocycles. The zero-order valence-corrected chi connectivity index (χ0v) is 15.5. The number of phenols is 1. The molecule has 3 aromatic carbocycles. The van der Waals surface area contributed by atoms with E-state index in [-0.39, 0.29) is 11.3 Å². The third-order valence-corrected chi connectivity index (χ3v) is 4.39. The van der Waals surface area contributed by atoms with Gasteiger partial charge in [-0.3, -0.25) is 4.79 Å². The van der Waals surface area contributed by atoms with E-state index >= 15 is 0 Å². The van der Waals surface area contributed by atoms with E-state index in [1.807, 2.05) is 24.3 Å². The Bertz CT molecular complexity index is 1230. The minimum Gasteiger partial charge on any atom is -0.508 e. The second-order valence-corrected chi connectivity index (χ2v) is 6.32. The van der Waals surface area contributed by atoms with Crippen LogP contribution in [0.1, 0.15) is 10.4 Å². The van der Waals surface area contributed by atoms with Crippen LogP contribution in [0.4, 0.5) is 5.69 Å². The Morgan fingerprint density at radius 2 is 1.83 bits per heavy atom. The summed E-state index contributed by atoms with van der Waals surface area (Å²) in [4.78, 5) is 24.3. The molecule has 29 heavy (non-hydrogen) atoms. The molecule has 0 spiro atoms. The minimum absolute atomic E-state index is 0.0622. The number of hydrogen-bond acceptors (Lipinski definition) is 6. The third kappa shape index (κ3) is 3.70. The van der Waals surface area contributed by atoms with Crippen LogP contribution in [0.3, 0.4) is 0 Å². The number of carbonyl (C=O) groups is 2. The Balaban J connectivity index is 1.51. The number of carbonyl (C=O) groups excluding carboxylic acids is 2. The number of hydrogen-bond donors (Lipinski definition) is 2. The van der Waals surface area contributed by atoms with Gasteiger partial charge < -0.3 is 24.3 Å². The monoisotopic (exact) mass is 391 g/mol. The lowest BCUT2D eigenvalue weighted by molar-refractivity contribution is -0.119. The molecule has 1 amide bonds. The van der Waals surface area contributed by atoms with Crippen molar-refractivity contribution in [1.29, 1.82) is 0 Å². The van der Waals surface area contributed by atoms with Crippen molar-refractivity contribution in [3.63, 3.8) is 0 Å². The quantitative estimate of drug-likeness (QED) is 0.497. The molecule has 4 rings (SSSR count). The second kappa shape index (κ2) is 7.55. The lowest BCUT2D eigenvalue weighted by Gasteiger charge is -2.11. The first-order valence-corrected chi connectivity index (χ1v) is 8.80. The Hall–Kier alpha value is -4.00. The number of nitrogens with one attached hydrogen (secondary N) is 1. The average Bonchev–Trinajstić information content (AvgIpc) is 3.08. The number of fused-ring (bicyclic) bond motifs is 3. The van der Waals surface area contributed by atoms with Gasteiger partial charge in [-0.1, -0.05) is 24.3 Å². The van der Waals surface area contributed by atoms with Crippen molar-refractivity contribution in [2.75, 3.05) is 19.0 Å². The van der Waals surface area contributed by atoms with Gasteiger partial charge in [0.05, 0.1) is 18.4 Å². The van der Waals surface area contributed by atoms with Gasteiger partial charge in [-0.05, 0) is 30.3 Å². The highest BCUT2D eigenvalue weighted by molar-refractivity contribution is 6.08. The maximum atomic E-state index is 12.3. The number of amides is 1. The molecular weight excluding hydrogens is 374 g/mol. The zero-order chi connectivity index (χ0) is 20.4. The molecule has 7 nitrogen and oxygen atoms in total. The van der Waals surface area contributed by atoms with Gasteiger partial charge in [0.1, 0.15) is 22.7 Å². The van der Waals surface area contributed by atoms with Crippen molar-refractivity contribution in [3.8, 4) is 11.5 Å². The number of aromatic hydroxyl groups is 1. The maximum absolute atomic E-state index is 12.3. The molecule has 2 N–H and O–H groups in total. The van der Waals surface area contributed by atoms with Gasteiger partial charge in [0, 0.05) is 16.8 Å². The first-order chi connectivity index (χ1) is 14.0. The number of anilines is 1. The number of benzene rings is 3. The standard InChI is InChI=1S/C22H17NO6/c1-27-20-10-16-15-7-2-3-8-18(15)29-19(16)11-17(20)23-21(25)12-28-22(26)13-5-4-6-14(24)9-13/h2-11,24H,12H2,1H3,(H,23,25). The van der Waals surface area contributed by atoms with Crippen LogP contribution in [0.15, 0.2) is 65.1 Å². The Kier molecular flexibility index (Phi) is 4.78. The molecule has 146 valence electrons. The molecule has 0 aliphatic rings. The van der Waals surface area contributed by atoms with E-state index in [0.717, 1.165) is 16.4 Å². The molecule has 4 aromatic rings. The average molecular weight is 391 g/mol. The summed E-state index contributed by atoms with van der Waals surface area (Å²) in [6.45, 7) is -0.490. The molecule has 7 heteroatoms. The minimum atomic E-state index is -0.712. The molecule has 0 saturated carbocycles. The number of methoxy groups -OCH3 is 1. The molecule has 0 aliphatic carbocycles. The van der Waals surface area contributed by atoms with Crippen molar-refractivity contribution < 1.29 is 28.6 Å². The van der Waals surface area contributed by atoms with Gasteiger partial charge in [-0.2, -0.15) is 0 Å². The molecule has 1 aromatic heterocycles. The normalized spacial score (nSPS) is 10.8. The van der Waals surface area contributed by atoms with Crippen LogP contribution in [0, 0.1) is 0 Å². The number of furan rings is 1. The van der Waals surface area contributed by atoms with Gasteiger partial charge in [-0.15, -0.1) is 0 Å². The molecule has 0 fully saturated rings. The number of phenolic OH excluding ortho intramolecular Hbond substituents is 1.